The first-order valence-electron chi connectivity index (χ1n) is 7.00. The third-order valence-electron chi connectivity index (χ3n) is 3.72. The van der Waals surface area contributed by atoms with Gasteiger partial charge in [-0.1, -0.05) is 12.1 Å². The summed E-state index contributed by atoms with van der Waals surface area (Å²) in [5.74, 6) is -0.0801. The summed E-state index contributed by atoms with van der Waals surface area (Å²) in [5.41, 5.74) is -0.0959. The van der Waals surface area contributed by atoms with Crippen LogP contribution in [0.15, 0.2) is 24.3 Å². The van der Waals surface area contributed by atoms with Crippen molar-refractivity contribution in [3.63, 3.8) is 0 Å². The van der Waals surface area contributed by atoms with E-state index in [0.717, 1.165) is 31.5 Å². The van der Waals surface area contributed by atoms with Gasteiger partial charge in [0.05, 0.1) is 12.0 Å². The van der Waals surface area contributed by atoms with Crippen molar-refractivity contribution in [2.75, 3.05) is 20.1 Å². The monoisotopic (exact) mass is 300 g/mol. The highest BCUT2D eigenvalue weighted by Gasteiger charge is 2.30. The van der Waals surface area contributed by atoms with E-state index in [2.05, 4.69) is 5.32 Å². The molecule has 3 nitrogen and oxygen atoms in total. The van der Waals surface area contributed by atoms with E-state index in [1.807, 2.05) is 0 Å². The average Bonchev–Trinajstić information content (AvgIpc) is 2.91. The molecule has 0 aliphatic carbocycles. The van der Waals surface area contributed by atoms with Crippen LogP contribution in [0.4, 0.5) is 13.2 Å². The molecular formula is C15H19F3N2O. The van der Waals surface area contributed by atoms with Crippen LogP contribution in [0.3, 0.4) is 0 Å². The zero-order chi connectivity index (χ0) is 15.5. The Morgan fingerprint density at radius 3 is 2.52 bits per heavy atom. The van der Waals surface area contributed by atoms with Crippen LogP contribution in [0.1, 0.15) is 24.0 Å². The summed E-state index contributed by atoms with van der Waals surface area (Å²) in [6.07, 6.45) is -2.04. The smallest absolute Gasteiger partial charge is 0.344 e. The Labute approximate surface area is 122 Å². The van der Waals surface area contributed by atoms with Crippen molar-refractivity contribution < 1.29 is 18.0 Å². The van der Waals surface area contributed by atoms with Crippen molar-refractivity contribution in [2.24, 2.45) is 0 Å². The Morgan fingerprint density at radius 2 is 2.00 bits per heavy atom. The van der Waals surface area contributed by atoms with Crippen LogP contribution < -0.4 is 5.32 Å². The molecule has 21 heavy (non-hydrogen) atoms. The minimum absolute atomic E-state index is 0.0801. The van der Waals surface area contributed by atoms with E-state index < -0.39 is 11.7 Å². The predicted molar refractivity (Wildman–Crippen MR) is 73.8 cm³/mol. The minimum Gasteiger partial charge on any atom is -0.344 e. The highest BCUT2D eigenvalue weighted by molar-refractivity contribution is 5.78. The highest BCUT2D eigenvalue weighted by atomic mass is 19.4. The number of halogens is 3. The van der Waals surface area contributed by atoms with Crippen LogP contribution in [-0.4, -0.2) is 37.0 Å². The van der Waals surface area contributed by atoms with Crippen LogP contribution in [0.25, 0.3) is 0 Å². The van der Waals surface area contributed by atoms with Crippen molar-refractivity contribution >= 4 is 5.91 Å². The number of hydrogen-bond acceptors (Lipinski definition) is 2. The number of likely N-dealkylation sites (N-methyl/N-ethyl adjacent to an activating group) is 1. The predicted octanol–water partition coefficient (Wildman–Crippen LogP) is 2.46. The van der Waals surface area contributed by atoms with Gasteiger partial charge in [-0.15, -0.1) is 0 Å². The summed E-state index contributed by atoms with van der Waals surface area (Å²) < 4.78 is 37.4. The van der Waals surface area contributed by atoms with Gasteiger partial charge in [-0.3, -0.25) is 4.79 Å². The van der Waals surface area contributed by atoms with Gasteiger partial charge in [-0.25, -0.2) is 0 Å². The third-order valence-corrected chi connectivity index (χ3v) is 3.72. The number of nitrogens with one attached hydrogen (secondary N) is 1. The second-order valence-corrected chi connectivity index (χ2v) is 5.44. The van der Waals surface area contributed by atoms with Crippen LogP contribution in [0.5, 0.6) is 0 Å². The fourth-order valence-electron chi connectivity index (χ4n) is 2.47. The Balaban J connectivity index is 1.89. The zero-order valence-corrected chi connectivity index (χ0v) is 11.9. The lowest BCUT2D eigenvalue weighted by molar-refractivity contribution is -0.137. The van der Waals surface area contributed by atoms with Crippen molar-refractivity contribution in [3.8, 4) is 0 Å². The number of hydrogen-bond donors (Lipinski definition) is 1. The SMILES string of the molecule is CN(CC1CCCN1)C(=O)Cc1ccc(C(F)(F)F)cc1. The number of benzene rings is 1. The Bertz CT molecular complexity index is 479. The molecule has 0 bridgehead atoms. The van der Waals surface area contributed by atoms with Gasteiger partial charge in [0.2, 0.25) is 5.91 Å². The topological polar surface area (TPSA) is 32.3 Å². The van der Waals surface area contributed by atoms with E-state index in [9.17, 15) is 18.0 Å². The van der Waals surface area contributed by atoms with Crippen LogP contribution >= 0.6 is 0 Å². The summed E-state index contributed by atoms with van der Waals surface area (Å²) >= 11 is 0. The van der Waals surface area contributed by atoms with Crippen molar-refractivity contribution in [3.05, 3.63) is 35.4 Å². The summed E-state index contributed by atoms with van der Waals surface area (Å²) in [6, 6.07) is 5.08. The fourth-order valence-corrected chi connectivity index (χ4v) is 2.47. The molecule has 2 rings (SSSR count). The van der Waals surface area contributed by atoms with Gasteiger partial charge in [0.1, 0.15) is 0 Å². The van der Waals surface area contributed by atoms with E-state index in [1.165, 1.54) is 12.1 Å². The zero-order valence-electron chi connectivity index (χ0n) is 11.9. The molecule has 1 N–H and O–H groups in total. The molecule has 1 fully saturated rings. The first-order valence-corrected chi connectivity index (χ1v) is 7.00. The summed E-state index contributed by atoms with van der Waals surface area (Å²) in [4.78, 5) is 13.7. The Hall–Kier alpha value is -1.56. The second kappa shape index (κ2) is 6.47. The summed E-state index contributed by atoms with van der Waals surface area (Å²) in [5, 5.41) is 3.31. The molecule has 1 aliphatic heterocycles. The van der Waals surface area contributed by atoms with E-state index in [-0.39, 0.29) is 12.3 Å². The minimum atomic E-state index is -4.34. The van der Waals surface area contributed by atoms with Gasteiger partial charge >= 0.3 is 6.18 Å². The summed E-state index contributed by atoms with van der Waals surface area (Å²) in [7, 11) is 1.73. The van der Waals surface area contributed by atoms with Gasteiger partial charge in [0.25, 0.3) is 0 Å². The molecule has 0 aromatic heterocycles. The Morgan fingerprint density at radius 1 is 1.33 bits per heavy atom. The van der Waals surface area contributed by atoms with Gasteiger partial charge in [-0.05, 0) is 37.1 Å². The maximum absolute atomic E-state index is 12.5. The van der Waals surface area contributed by atoms with Gasteiger partial charge in [0, 0.05) is 19.6 Å². The van der Waals surface area contributed by atoms with Gasteiger partial charge in [0.15, 0.2) is 0 Å². The molecule has 1 atom stereocenters. The molecule has 0 spiro atoms. The number of rotatable bonds is 4. The van der Waals surface area contributed by atoms with Crippen molar-refractivity contribution in [1.29, 1.82) is 0 Å². The third kappa shape index (κ3) is 4.46. The quantitative estimate of drug-likeness (QED) is 0.926. The van der Waals surface area contributed by atoms with Gasteiger partial charge < -0.3 is 10.2 Å². The molecule has 0 saturated carbocycles. The molecule has 1 amide bonds. The van der Waals surface area contributed by atoms with E-state index >= 15 is 0 Å². The lowest BCUT2D eigenvalue weighted by Gasteiger charge is -2.21. The number of carbonyl (C=O) groups excluding carboxylic acids is 1. The molecule has 116 valence electrons. The molecular weight excluding hydrogens is 281 g/mol. The molecule has 1 saturated heterocycles. The number of amides is 1. The Kier molecular flexibility index (Phi) is 4.88. The molecule has 6 heteroatoms. The lowest BCUT2D eigenvalue weighted by atomic mass is 10.1. The van der Waals surface area contributed by atoms with E-state index in [0.29, 0.717) is 18.2 Å². The molecule has 1 aromatic carbocycles. The maximum atomic E-state index is 12.5. The molecule has 1 aromatic rings. The van der Waals surface area contributed by atoms with Crippen molar-refractivity contribution in [2.45, 2.75) is 31.5 Å². The summed E-state index contributed by atoms with van der Waals surface area (Å²) in [6.45, 7) is 1.62. The number of carbonyl (C=O) groups is 1. The number of nitrogens with zero attached hydrogens (tertiary/aromatic N) is 1. The fraction of sp³-hybridized carbons (Fsp3) is 0.533. The first-order chi connectivity index (χ1) is 9.86. The van der Waals surface area contributed by atoms with Crippen molar-refractivity contribution in [1.82, 2.24) is 10.2 Å². The standard InChI is InChI=1S/C15H19F3N2O/c1-20(10-13-3-2-8-19-13)14(21)9-11-4-6-12(7-5-11)15(16,17)18/h4-7,13,19H,2-3,8-10H2,1H3. The molecule has 0 radical (unpaired) electrons. The average molecular weight is 300 g/mol. The number of alkyl halides is 3. The van der Waals surface area contributed by atoms with Crippen LogP contribution in [-0.2, 0) is 17.4 Å². The largest absolute Gasteiger partial charge is 0.416 e. The van der Waals surface area contributed by atoms with Crippen LogP contribution in [0, 0.1) is 0 Å². The maximum Gasteiger partial charge on any atom is 0.416 e. The lowest BCUT2D eigenvalue weighted by Crippen LogP contribution is -2.39. The molecule has 1 aliphatic rings. The van der Waals surface area contributed by atoms with E-state index in [4.69, 9.17) is 0 Å². The normalized spacial score (nSPS) is 18.8. The van der Waals surface area contributed by atoms with Gasteiger partial charge in [-0.2, -0.15) is 13.2 Å². The van der Waals surface area contributed by atoms with E-state index in [1.54, 1.807) is 11.9 Å². The molecule has 1 unspecified atom stereocenters. The highest BCUT2D eigenvalue weighted by Crippen LogP contribution is 2.29. The first kappa shape index (κ1) is 15.8. The molecule has 1 heterocycles. The second-order valence-electron chi connectivity index (χ2n) is 5.44. The van der Waals surface area contributed by atoms with Crippen LogP contribution in [0.2, 0.25) is 0 Å².